The number of carbonyl (C=O) groups is 1. The number of hydrogen-bond donors (Lipinski definition) is 0. The van der Waals surface area contributed by atoms with Gasteiger partial charge in [0.05, 0.1) is 12.8 Å². The molecule has 1 unspecified atom stereocenters. The lowest BCUT2D eigenvalue weighted by molar-refractivity contribution is 0.00597. The number of carbonyl (C=O) groups excluding carboxylic acids is 1. The summed E-state index contributed by atoms with van der Waals surface area (Å²) in [6, 6.07) is 10.1. The number of piperidine rings is 1. The lowest BCUT2D eigenvalue weighted by Gasteiger charge is -2.42. The van der Waals surface area contributed by atoms with E-state index >= 15 is 0 Å². The summed E-state index contributed by atoms with van der Waals surface area (Å²) in [5, 5.41) is 9.54. The van der Waals surface area contributed by atoms with Crippen LogP contribution in [-0.2, 0) is 4.74 Å². The maximum atomic E-state index is 12.7. The third-order valence-electron chi connectivity index (χ3n) is 6.31. The van der Waals surface area contributed by atoms with Gasteiger partial charge in [-0.1, -0.05) is 11.6 Å². The van der Waals surface area contributed by atoms with Crippen molar-refractivity contribution in [2.45, 2.75) is 70.2 Å². The number of halogens is 1. The Morgan fingerprint density at radius 2 is 1.81 bits per heavy atom. The topological polar surface area (TPSA) is 67.8 Å². The zero-order valence-corrected chi connectivity index (χ0v) is 20.1. The molecule has 3 atom stereocenters. The van der Waals surface area contributed by atoms with Crippen molar-refractivity contribution < 1.29 is 14.3 Å². The summed E-state index contributed by atoms with van der Waals surface area (Å²) in [7, 11) is 3.67. The van der Waals surface area contributed by atoms with Gasteiger partial charge in [0.1, 0.15) is 11.4 Å². The number of fused-ring (bicyclic) bond motifs is 2. The van der Waals surface area contributed by atoms with Crippen molar-refractivity contribution in [2.75, 3.05) is 19.1 Å². The highest BCUT2D eigenvalue weighted by Crippen LogP contribution is 2.39. The van der Waals surface area contributed by atoms with Gasteiger partial charge in [-0.05, 0) is 76.8 Å². The smallest absolute Gasteiger partial charge is 0.410 e. The zero-order chi connectivity index (χ0) is 23.0. The monoisotopic (exact) mass is 458 g/mol. The van der Waals surface area contributed by atoms with E-state index in [1.54, 1.807) is 13.2 Å². The molecule has 2 fully saturated rings. The van der Waals surface area contributed by atoms with Gasteiger partial charge in [-0.25, -0.2) is 4.79 Å². The Hall–Kier alpha value is -2.54. The molecule has 2 bridgehead atoms. The number of aromatic nitrogens is 2. The first kappa shape index (κ1) is 22.6. The molecule has 32 heavy (non-hydrogen) atoms. The molecule has 2 saturated heterocycles. The molecule has 4 rings (SSSR count). The van der Waals surface area contributed by atoms with Crippen LogP contribution in [0.4, 0.5) is 10.6 Å². The second-order valence-electron chi connectivity index (χ2n) is 9.63. The largest absolute Gasteiger partial charge is 0.496 e. The van der Waals surface area contributed by atoms with Crippen molar-refractivity contribution >= 4 is 23.5 Å². The minimum absolute atomic E-state index is 0.188. The Labute approximate surface area is 194 Å². The highest BCUT2D eigenvalue weighted by atomic mass is 35.5. The van der Waals surface area contributed by atoms with E-state index in [1.165, 1.54) is 0 Å². The molecule has 2 aromatic rings. The number of methoxy groups -OCH3 is 1. The molecule has 0 N–H and O–H groups in total. The summed E-state index contributed by atoms with van der Waals surface area (Å²) >= 11 is 6.07. The molecule has 0 spiro atoms. The van der Waals surface area contributed by atoms with Crippen molar-refractivity contribution in [3.63, 3.8) is 0 Å². The Bertz CT molecular complexity index is 962. The molecule has 0 saturated carbocycles. The Morgan fingerprint density at radius 3 is 2.38 bits per heavy atom. The van der Waals surface area contributed by atoms with Crippen LogP contribution in [0.3, 0.4) is 0 Å². The van der Waals surface area contributed by atoms with Crippen LogP contribution in [0, 0.1) is 0 Å². The summed E-state index contributed by atoms with van der Waals surface area (Å²) in [5.41, 5.74) is 1.10. The molecule has 2 aliphatic rings. The number of ether oxygens (including phenoxy) is 2. The van der Waals surface area contributed by atoms with Crippen LogP contribution in [0.25, 0.3) is 11.3 Å². The molecule has 1 aromatic heterocycles. The van der Waals surface area contributed by atoms with Gasteiger partial charge in [0, 0.05) is 35.8 Å². The minimum atomic E-state index is -0.478. The fourth-order valence-corrected chi connectivity index (χ4v) is 4.96. The van der Waals surface area contributed by atoms with E-state index in [1.807, 2.05) is 49.9 Å². The van der Waals surface area contributed by atoms with Crippen LogP contribution < -0.4 is 9.64 Å². The highest BCUT2D eigenvalue weighted by Gasteiger charge is 2.45. The molecule has 1 aromatic carbocycles. The summed E-state index contributed by atoms with van der Waals surface area (Å²) < 4.78 is 11.1. The summed E-state index contributed by atoms with van der Waals surface area (Å²) in [6.07, 6.45) is 3.67. The second kappa shape index (κ2) is 8.77. The lowest BCUT2D eigenvalue weighted by atomic mass is 9.96. The normalized spacial score (nSPS) is 22.6. The van der Waals surface area contributed by atoms with E-state index in [9.17, 15) is 4.79 Å². The predicted molar refractivity (Wildman–Crippen MR) is 125 cm³/mol. The molecule has 0 radical (unpaired) electrons. The van der Waals surface area contributed by atoms with E-state index < -0.39 is 5.60 Å². The van der Waals surface area contributed by atoms with E-state index in [4.69, 9.17) is 21.1 Å². The highest BCUT2D eigenvalue weighted by molar-refractivity contribution is 6.30. The van der Waals surface area contributed by atoms with E-state index in [0.29, 0.717) is 16.8 Å². The van der Waals surface area contributed by atoms with Crippen molar-refractivity contribution in [2.24, 2.45) is 0 Å². The first-order chi connectivity index (χ1) is 15.2. The van der Waals surface area contributed by atoms with Crippen molar-refractivity contribution in [3.05, 3.63) is 35.4 Å². The fraction of sp³-hybridized carbons (Fsp3) is 0.542. The molecular formula is C24H31ClN4O3. The van der Waals surface area contributed by atoms with Gasteiger partial charge >= 0.3 is 6.09 Å². The first-order valence-corrected chi connectivity index (χ1v) is 11.5. The summed E-state index contributed by atoms with van der Waals surface area (Å²) in [6.45, 7) is 5.74. The average molecular weight is 459 g/mol. The number of hydrogen-bond acceptors (Lipinski definition) is 6. The maximum Gasteiger partial charge on any atom is 0.410 e. The van der Waals surface area contributed by atoms with Crippen molar-refractivity contribution in [1.29, 1.82) is 0 Å². The summed E-state index contributed by atoms with van der Waals surface area (Å²) in [4.78, 5) is 16.9. The third-order valence-corrected chi connectivity index (χ3v) is 6.55. The molecule has 8 heteroatoms. The van der Waals surface area contributed by atoms with Gasteiger partial charge < -0.3 is 19.3 Å². The van der Waals surface area contributed by atoms with Crippen LogP contribution in [0.2, 0.25) is 5.02 Å². The van der Waals surface area contributed by atoms with Gasteiger partial charge in [-0.3, -0.25) is 0 Å². The van der Waals surface area contributed by atoms with Gasteiger partial charge in [-0.15, -0.1) is 10.2 Å². The van der Waals surface area contributed by atoms with Gasteiger partial charge in [0.25, 0.3) is 0 Å². The first-order valence-electron chi connectivity index (χ1n) is 11.1. The Balaban J connectivity index is 1.46. The quantitative estimate of drug-likeness (QED) is 0.629. The predicted octanol–water partition coefficient (Wildman–Crippen LogP) is 5.17. The van der Waals surface area contributed by atoms with E-state index in [-0.39, 0.29) is 18.2 Å². The summed E-state index contributed by atoms with van der Waals surface area (Å²) in [5.74, 6) is 1.48. The number of amides is 1. The van der Waals surface area contributed by atoms with Crippen LogP contribution in [0.5, 0.6) is 5.75 Å². The molecule has 1 amide bonds. The third kappa shape index (κ3) is 4.63. The lowest BCUT2D eigenvalue weighted by Crippen LogP contribution is -2.53. The van der Waals surface area contributed by atoms with Crippen LogP contribution in [0.15, 0.2) is 30.3 Å². The number of rotatable bonds is 4. The number of anilines is 1. The van der Waals surface area contributed by atoms with E-state index in [2.05, 4.69) is 22.1 Å². The maximum absolute atomic E-state index is 12.7. The van der Waals surface area contributed by atoms with Gasteiger partial charge in [-0.2, -0.15) is 0 Å². The fourth-order valence-electron chi connectivity index (χ4n) is 4.80. The van der Waals surface area contributed by atoms with Gasteiger partial charge in [0.2, 0.25) is 0 Å². The van der Waals surface area contributed by atoms with Crippen LogP contribution >= 0.6 is 11.6 Å². The van der Waals surface area contributed by atoms with Crippen LogP contribution in [-0.4, -0.2) is 59.1 Å². The minimum Gasteiger partial charge on any atom is -0.496 e. The molecule has 3 heterocycles. The Morgan fingerprint density at radius 1 is 1.12 bits per heavy atom. The molecular weight excluding hydrogens is 428 g/mol. The van der Waals surface area contributed by atoms with Crippen LogP contribution in [0.1, 0.15) is 46.5 Å². The van der Waals surface area contributed by atoms with Crippen molar-refractivity contribution in [1.82, 2.24) is 15.1 Å². The zero-order valence-electron chi connectivity index (χ0n) is 19.3. The standard InChI is InChI=1S/C24H31ClN4O3/c1-24(2,3)32-23(30)29-16-7-8-17(29)14-18(13-16)28(4)22-11-10-20(26-27-22)19-9-6-15(25)12-21(19)31-5/h6,9-12,16-18H,7-8,13-14H2,1-5H3/t16-,17?,18-/m1/s1. The molecule has 172 valence electrons. The molecule has 2 aliphatic heterocycles. The van der Waals surface area contributed by atoms with Gasteiger partial charge in [0.15, 0.2) is 5.82 Å². The number of nitrogens with zero attached hydrogens (tertiary/aromatic N) is 4. The second-order valence-corrected chi connectivity index (χ2v) is 10.1. The molecule has 0 aliphatic carbocycles. The molecule has 7 nitrogen and oxygen atoms in total. The SMILES string of the molecule is COc1cc(Cl)ccc1-c1ccc(N(C)[C@H]2CC3CC[C@H](C2)N3C(=O)OC(C)(C)C)nn1. The number of benzene rings is 1. The van der Waals surface area contributed by atoms with Crippen molar-refractivity contribution in [3.8, 4) is 17.0 Å². The average Bonchev–Trinajstić information content (AvgIpc) is 3.02. The van der Waals surface area contributed by atoms with E-state index in [0.717, 1.165) is 42.8 Å². The Kier molecular flexibility index (Phi) is 6.21.